The van der Waals surface area contributed by atoms with Crippen molar-refractivity contribution in [2.75, 3.05) is 13.2 Å². The number of hydrogen-bond acceptors (Lipinski definition) is 4. The minimum absolute atomic E-state index is 0.0618. The number of benzene rings is 3. The van der Waals surface area contributed by atoms with Crippen LogP contribution in [-0.2, 0) is 34.5 Å². The van der Waals surface area contributed by atoms with E-state index in [1.54, 1.807) is 0 Å². The Bertz CT molecular complexity index is 1120. The van der Waals surface area contributed by atoms with Crippen molar-refractivity contribution >= 4 is 10.0 Å². The lowest BCUT2D eigenvalue weighted by molar-refractivity contribution is 0.107. The van der Waals surface area contributed by atoms with Crippen LogP contribution in [0.15, 0.2) is 77.7 Å². The highest BCUT2D eigenvalue weighted by atomic mass is 32.2. The fourth-order valence-electron chi connectivity index (χ4n) is 3.36. The van der Waals surface area contributed by atoms with Gasteiger partial charge < -0.3 is 9.47 Å². The monoisotopic (exact) mass is 427 g/mol. The van der Waals surface area contributed by atoms with Crippen LogP contribution in [0.3, 0.4) is 0 Å². The van der Waals surface area contributed by atoms with Crippen LogP contribution in [0.2, 0.25) is 0 Å². The number of nitrogens with zero attached hydrogens (tertiary/aromatic N) is 1. The number of halogens is 1. The molecule has 4 rings (SSSR count). The molecule has 1 heterocycles. The van der Waals surface area contributed by atoms with E-state index in [2.05, 4.69) is 0 Å². The van der Waals surface area contributed by atoms with Crippen LogP contribution >= 0.6 is 0 Å². The predicted molar refractivity (Wildman–Crippen MR) is 111 cm³/mol. The quantitative estimate of drug-likeness (QED) is 0.594. The molecule has 3 aromatic rings. The third-order valence-corrected chi connectivity index (χ3v) is 6.73. The van der Waals surface area contributed by atoms with Gasteiger partial charge in [0, 0.05) is 18.7 Å². The normalized spacial score (nSPS) is 14.6. The van der Waals surface area contributed by atoms with Gasteiger partial charge in [0.25, 0.3) is 0 Å². The molecule has 0 N–H and O–H groups in total. The smallest absolute Gasteiger partial charge is 0.243 e. The second-order valence-electron chi connectivity index (χ2n) is 7.06. The highest BCUT2D eigenvalue weighted by molar-refractivity contribution is 7.89. The van der Waals surface area contributed by atoms with E-state index < -0.39 is 15.8 Å². The third kappa shape index (κ3) is 4.70. The molecule has 0 saturated heterocycles. The molecule has 156 valence electrons. The Labute approximate surface area is 175 Å². The Balaban J connectivity index is 1.50. The first-order valence-electron chi connectivity index (χ1n) is 9.64. The summed E-state index contributed by atoms with van der Waals surface area (Å²) in [6.45, 7) is 1.47. The molecular formula is C23H22FNO4S. The molecule has 0 bridgehead atoms. The van der Waals surface area contributed by atoms with E-state index in [1.807, 2.05) is 48.5 Å². The zero-order valence-electron chi connectivity index (χ0n) is 16.3. The summed E-state index contributed by atoms with van der Waals surface area (Å²) in [6, 6.07) is 20.6. The van der Waals surface area contributed by atoms with E-state index in [9.17, 15) is 12.8 Å². The van der Waals surface area contributed by atoms with Crippen LogP contribution in [-0.4, -0.2) is 25.9 Å². The van der Waals surface area contributed by atoms with E-state index >= 15 is 0 Å². The van der Waals surface area contributed by atoms with Gasteiger partial charge in [-0.3, -0.25) is 0 Å². The first-order chi connectivity index (χ1) is 14.5. The minimum atomic E-state index is -3.83. The Hall–Kier alpha value is -2.74. The average molecular weight is 427 g/mol. The van der Waals surface area contributed by atoms with Crippen LogP contribution < -0.4 is 4.74 Å². The molecule has 7 heteroatoms. The van der Waals surface area contributed by atoms with Crippen molar-refractivity contribution in [2.45, 2.75) is 24.7 Å². The molecule has 0 amide bonds. The van der Waals surface area contributed by atoms with Crippen LogP contribution in [0.4, 0.5) is 4.39 Å². The van der Waals surface area contributed by atoms with Gasteiger partial charge in [0.1, 0.15) is 18.2 Å². The molecule has 0 spiro atoms. The summed E-state index contributed by atoms with van der Waals surface area (Å²) in [4.78, 5) is -0.0618. The highest BCUT2D eigenvalue weighted by Crippen LogP contribution is 2.28. The lowest BCUT2D eigenvalue weighted by Gasteiger charge is -2.19. The maximum Gasteiger partial charge on any atom is 0.243 e. The van der Waals surface area contributed by atoms with E-state index in [0.717, 1.165) is 22.8 Å². The van der Waals surface area contributed by atoms with Crippen LogP contribution in [0.5, 0.6) is 5.75 Å². The predicted octanol–water partition coefficient (Wildman–Crippen LogP) is 4.13. The minimum Gasteiger partial charge on any atom is -0.492 e. The van der Waals surface area contributed by atoms with Gasteiger partial charge in [-0.25, -0.2) is 12.8 Å². The van der Waals surface area contributed by atoms with E-state index in [-0.39, 0.29) is 24.6 Å². The van der Waals surface area contributed by atoms with Crippen molar-refractivity contribution in [3.63, 3.8) is 0 Å². The molecule has 0 radical (unpaired) electrons. The van der Waals surface area contributed by atoms with Gasteiger partial charge in [-0.15, -0.1) is 0 Å². The number of rotatable bonds is 6. The zero-order valence-corrected chi connectivity index (χ0v) is 17.1. The Morgan fingerprint density at radius 2 is 1.73 bits per heavy atom. The summed E-state index contributed by atoms with van der Waals surface area (Å²) >= 11 is 0. The van der Waals surface area contributed by atoms with E-state index in [4.69, 9.17) is 9.47 Å². The highest BCUT2D eigenvalue weighted by Gasteiger charge is 2.28. The van der Waals surface area contributed by atoms with Crippen molar-refractivity contribution < 1.29 is 22.3 Å². The van der Waals surface area contributed by atoms with E-state index in [0.29, 0.717) is 19.0 Å². The Kier molecular flexibility index (Phi) is 6.13. The van der Waals surface area contributed by atoms with Crippen molar-refractivity contribution in [3.8, 4) is 5.75 Å². The number of sulfonamides is 1. The van der Waals surface area contributed by atoms with Gasteiger partial charge >= 0.3 is 0 Å². The molecule has 0 fully saturated rings. The average Bonchev–Trinajstić information content (AvgIpc) is 2.97. The van der Waals surface area contributed by atoms with Gasteiger partial charge in [-0.2, -0.15) is 4.31 Å². The third-order valence-electron chi connectivity index (χ3n) is 4.88. The molecule has 1 aliphatic rings. The Morgan fingerprint density at radius 1 is 0.933 bits per heavy atom. The molecule has 1 aliphatic heterocycles. The Morgan fingerprint density at radius 3 is 2.53 bits per heavy atom. The zero-order chi connectivity index (χ0) is 21.0. The number of hydrogen-bond donors (Lipinski definition) is 0. The molecule has 3 aromatic carbocycles. The van der Waals surface area contributed by atoms with Crippen molar-refractivity contribution in [3.05, 3.63) is 95.3 Å². The standard InChI is InChI=1S/C23H22FNO4S/c24-21-7-4-8-22(14-21)30(26,27)25-11-12-29-23-10-9-19(13-20(23)15-25)17-28-16-18-5-2-1-3-6-18/h1-10,13-14H,11-12,15-17H2. The largest absolute Gasteiger partial charge is 0.492 e. The molecule has 0 aromatic heterocycles. The lowest BCUT2D eigenvalue weighted by Crippen LogP contribution is -2.32. The molecule has 5 nitrogen and oxygen atoms in total. The molecule has 0 saturated carbocycles. The van der Waals surface area contributed by atoms with Crippen LogP contribution in [0, 0.1) is 5.82 Å². The molecule has 0 unspecified atom stereocenters. The summed E-state index contributed by atoms with van der Waals surface area (Å²) in [7, 11) is -3.83. The van der Waals surface area contributed by atoms with Crippen molar-refractivity contribution in [2.24, 2.45) is 0 Å². The second-order valence-corrected chi connectivity index (χ2v) is 9.00. The van der Waals surface area contributed by atoms with E-state index in [1.165, 1.54) is 22.5 Å². The van der Waals surface area contributed by atoms with Gasteiger partial charge in [-0.05, 0) is 41.5 Å². The summed E-state index contributed by atoms with van der Waals surface area (Å²) in [6.07, 6.45) is 0. The first kappa shape index (κ1) is 20.5. The fourth-order valence-corrected chi connectivity index (χ4v) is 4.79. The van der Waals surface area contributed by atoms with Crippen molar-refractivity contribution in [1.82, 2.24) is 4.31 Å². The van der Waals surface area contributed by atoms with Crippen LogP contribution in [0.1, 0.15) is 16.7 Å². The maximum atomic E-state index is 13.6. The van der Waals surface area contributed by atoms with Gasteiger partial charge in [0.2, 0.25) is 10.0 Å². The number of ether oxygens (including phenoxy) is 2. The maximum absolute atomic E-state index is 13.6. The summed E-state index contributed by atoms with van der Waals surface area (Å²) in [5.74, 6) is 0.0687. The lowest BCUT2D eigenvalue weighted by atomic mass is 10.1. The summed E-state index contributed by atoms with van der Waals surface area (Å²) in [5, 5.41) is 0. The topological polar surface area (TPSA) is 55.8 Å². The molecule has 30 heavy (non-hydrogen) atoms. The van der Waals surface area contributed by atoms with Crippen LogP contribution in [0.25, 0.3) is 0 Å². The fraction of sp³-hybridized carbons (Fsp3) is 0.217. The summed E-state index contributed by atoms with van der Waals surface area (Å²) in [5.41, 5.74) is 2.77. The first-order valence-corrected chi connectivity index (χ1v) is 11.1. The SMILES string of the molecule is O=S(=O)(c1cccc(F)c1)N1CCOc2ccc(COCc3ccccc3)cc2C1. The molecular weight excluding hydrogens is 405 g/mol. The van der Waals surface area contributed by atoms with Gasteiger partial charge in [0.15, 0.2) is 0 Å². The molecule has 0 atom stereocenters. The molecule has 0 aliphatic carbocycles. The summed E-state index contributed by atoms with van der Waals surface area (Å²) < 4.78 is 52.4. The van der Waals surface area contributed by atoms with Gasteiger partial charge in [0.05, 0.1) is 18.1 Å². The second kappa shape index (κ2) is 8.95. The van der Waals surface area contributed by atoms with Gasteiger partial charge in [-0.1, -0.05) is 42.5 Å². The number of fused-ring (bicyclic) bond motifs is 1. The van der Waals surface area contributed by atoms with Crippen molar-refractivity contribution in [1.29, 1.82) is 0 Å².